The molecule has 2 aromatic heterocycles. The molecule has 0 unspecified atom stereocenters. The number of imidazole rings is 1. The van der Waals surface area contributed by atoms with Crippen LogP contribution >= 0.6 is 15.9 Å². The molecule has 0 N–H and O–H groups in total. The van der Waals surface area contributed by atoms with Gasteiger partial charge in [-0.3, -0.25) is 4.57 Å². The first kappa shape index (κ1) is 9.40. The van der Waals surface area contributed by atoms with Crippen LogP contribution in [0.4, 0.5) is 0 Å². The van der Waals surface area contributed by atoms with E-state index < -0.39 is 0 Å². The molecule has 72 valence electrons. The maximum atomic E-state index is 4.36. The molecule has 0 aliphatic carbocycles. The molecule has 3 nitrogen and oxygen atoms in total. The van der Waals surface area contributed by atoms with Gasteiger partial charge in [0.05, 0.1) is 4.47 Å². The zero-order chi connectivity index (χ0) is 10.1. The lowest BCUT2D eigenvalue weighted by Gasteiger charge is -2.06. The number of hydrogen-bond acceptors (Lipinski definition) is 2. The Morgan fingerprint density at radius 1 is 1.29 bits per heavy atom. The zero-order valence-corrected chi connectivity index (χ0v) is 9.62. The second kappa shape index (κ2) is 3.53. The van der Waals surface area contributed by atoms with Crippen molar-refractivity contribution in [2.24, 2.45) is 0 Å². The molecule has 0 radical (unpaired) electrons. The van der Waals surface area contributed by atoms with Crippen LogP contribution in [-0.2, 0) is 0 Å². The number of rotatable bonds is 1. The van der Waals surface area contributed by atoms with Gasteiger partial charge in [-0.15, -0.1) is 0 Å². The van der Waals surface area contributed by atoms with E-state index in [2.05, 4.69) is 25.9 Å². The highest BCUT2D eigenvalue weighted by atomic mass is 79.9. The molecule has 0 aliphatic rings. The van der Waals surface area contributed by atoms with Crippen LogP contribution in [0, 0.1) is 13.8 Å². The summed E-state index contributed by atoms with van der Waals surface area (Å²) < 4.78 is 2.93. The fourth-order valence-electron chi connectivity index (χ4n) is 1.31. The van der Waals surface area contributed by atoms with Crippen LogP contribution in [0.5, 0.6) is 0 Å². The molecule has 0 saturated heterocycles. The molecule has 2 aromatic rings. The standard InChI is InChI=1S/C10H10BrN3/c1-7-5-9(11)10(13-6-7)14-4-3-12-8(14)2/h3-6H,1-2H3. The Morgan fingerprint density at radius 2 is 2.07 bits per heavy atom. The summed E-state index contributed by atoms with van der Waals surface area (Å²) in [4.78, 5) is 8.52. The van der Waals surface area contributed by atoms with Crippen molar-refractivity contribution >= 4 is 15.9 Å². The van der Waals surface area contributed by atoms with Crippen molar-refractivity contribution in [1.82, 2.24) is 14.5 Å². The monoisotopic (exact) mass is 251 g/mol. The number of aromatic nitrogens is 3. The van der Waals surface area contributed by atoms with Gasteiger partial charge in [-0.1, -0.05) is 0 Å². The topological polar surface area (TPSA) is 30.7 Å². The third-order valence-corrected chi connectivity index (χ3v) is 2.60. The van der Waals surface area contributed by atoms with Crippen LogP contribution in [0.2, 0.25) is 0 Å². The Hall–Kier alpha value is -1.16. The summed E-state index contributed by atoms with van der Waals surface area (Å²) in [5.41, 5.74) is 1.14. The molecule has 0 saturated carbocycles. The molecule has 0 aliphatic heterocycles. The van der Waals surface area contributed by atoms with Gasteiger partial charge in [-0.25, -0.2) is 9.97 Å². The highest BCUT2D eigenvalue weighted by Gasteiger charge is 2.05. The quantitative estimate of drug-likeness (QED) is 0.781. The van der Waals surface area contributed by atoms with Crippen LogP contribution < -0.4 is 0 Å². The van der Waals surface area contributed by atoms with Gasteiger partial charge in [0.2, 0.25) is 0 Å². The SMILES string of the molecule is Cc1cnc(-n2ccnc2C)c(Br)c1. The number of pyridine rings is 1. The van der Waals surface area contributed by atoms with Crippen molar-refractivity contribution < 1.29 is 0 Å². The first-order valence-electron chi connectivity index (χ1n) is 4.31. The molecule has 0 spiro atoms. The molecular weight excluding hydrogens is 242 g/mol. The number of hydrogen-bond donors (Lipinski definition) is 0. The maximum absolute atomic E-state index is 4.36. The van der Waals surface area contributed by atoms with Crippen LogP contribution in [0.1, 0.15) is 11.4 Å². The molecule has 0 amide bonds. The Labute approximate surface area is 90.9 Å². The summed E-state index contributed by atoms with van der Waals surface area (Å²) in [6.07, 6.45) is 5.51. The second-order valence-electron chi connectivity index (χ2n) is 3.16. The van der Waals surface area contributed by atoms with E-state index in [9.17, 15) is 0 Å². The number of halogens is 1. The fourth-order valence-corrected chi connectivity index (χ4v) is 1.96. The predicted molar refractivity (Wildman–Crippen MR) is 58.5 cm³/mol. The first-order chi connectivity index (χ1) is 6.68. The highest BCUT2D eigenvalue weighted by molar-refractivity contribution is 9.10. The van der Waals surface area contributed by atoms with Crippen molar-refractivity contribution in [2.45, 2.75) is 13.8 Å². The van der Waals surface area contributed by atoms with Crippen molar-refractivity contribution in [3.8, 4) is 5.82 Å². The minimum atomic E-state index is 0.880. The normalized spacial score (nSPS) is 10.5. The van der Waals surface area contributed by atoms with Crippen LogP contribution in [0.25, 0.3) is 5.82 Å². The molecule has 0 atom stereocenters. The lowest BCUT2D eigenvalue weighted by atomic mass is 10.3. The zero-order valence-electron chi connectivity index (χ0n) is 8.03. The van der Waals surface area contributed by atoms with Crippen molar-refractivity contribution in [3.63, 3.8) is 0 Å². The molecule has 4 heteroatoms. The van der Waals surface area contributed by atoms with Crippen LogP contribution in [-0.4, -0.2) is 14.5 Å². The summed E-state index contributed by atoms with van der Waals surface area (Å²) in [7, 11) is 0. The lowest BCUT2D eigenvalue weighted by molar-refractivity contribution is 0.923. The molecule has 2 rings (SSSR count). The van der Waals surface area contributed by atoms with E-state index in [-0.39, 0.29) is 0 Å². The molecule has 0 aromatic carbocycles. The van der Waals surface area contributed by atoms with Gasteiger partial charge < -0.3 is 0 Å². The van der Waals surface area contributed by atoms with Gasteiger partial charge in [0.1, 0.15) is 5.82 Å². The van der Waals surface area contributed by atoms with Gasteiger partial charge in [-0.05, 0) is 41.4 Å². The summed E-state index contributed by atoms with van der Waals surface area (Å²) in [5.74, 6) is 1.81. The van der Waals surface area contributed by atoms with E-state index in [1.807, 2.05) is 36.9 Å². The largest absolute Gasteiger partial charge is 0.287 e. The molecule has 2 heterocycles. The van der Waals surface area contributed by atoms with Crippen LogP contribution in [0.15, 0.2) is 29.1 Å². The Balaban J connectivity index is 2.58. The number of aryl methyl sites for hydroxylation is 2. The van der Waals surface area contributed by atoms with Gasteiger partial charge >= 0.3 is 0 Å². The maximum Gasteiger partial charge on any atom is 0.152 e. The highest BCUT2D eigenvalue weighted by Crippen LogP contribution is 2.20. The van der Waals surface area contributed by atoms with E-state index in [1.165, 1.54) is 0 Å². The van der Waals surface area contributed by atoms with E-state index >= 15 is 0 Å². The molecule has 14 heavy (non-hydrogen) atoms. The lowest BCUT2D eigenvalue weighted by Crippen LogP contribution is -1.99. The van der Waals surface area contributed by atoms with Gasteiger partial charge in [0.15, 0.2) is 5.82 Å². The van der Waals surface area contributed by atoms with Crippen molar-refractivity contribution in [2.75, 3.05) is 0 Å². The molecule has 0 fully saturated rings. The van der Waals surface area contributed by atoms with Gasteiger partial charge in [0, 0.05) is 18.6 Å². The summed E-state index contributed by atoms with van der Waals surface area (Å²) >= 11 is 3.49. The van der Waals surface area contributed by atoms with Crippen LogP contribution in [0.3, 0.4) is 0 Å². The van der Waals surface area contributed by atoms with Gasteiger partial charge in [-0.2, -0.15) is 0 Å². The fraction of sp³-hybridized carbons (Fsp3) is 0.200. The van der Waals surface area contributed by atoms with E-state index in [4.69, 9.17) is 0 Å². The van der Waals surface area contributed by atoms with E-state index in [1.54, 1.807) is 6.20 Å². The summed E-state index contributed by atoms with van der Waals surface area (Å²) in [5, 5.41) is 0. The molecular formula is C10H10BrN3. The second-order valence-corrected chi connectivity index (χ2v) is 4.02. The Bertz CT molecular complexity index is 462. The predicted octanol–water partition coefficient (Wildman–Crippen LogP) is 2.65. The third-order valence-electron chi connectivity index (χ3n) is 2.01. The third kappa shape index (κ3) is 1.57. The first-order valence-corrected chi connectivity index (χ1v) is 5.10. The van der Waals surface area contributed by atoms with Crippen molar-refractivity contribution in [3.05, 3.63) is 40.5 Å². The van der Waals surface area contributed by atoms with E-state index in [0.29, 0.717) is 0 Å². The Kier molecular flexibility index (Phi) is 2.37. The minimum absolute atomic E-state index is 0.880. The van der Waals surface area contributed by atoms with E-state index in [0.717, 1.165) is 21.7 Å². The molecule has 0 bridgehead atoms. The smallest absolute Gasteiger partial charge is 0.152 e. The average molecular weight is 252 g/mol. The van der Waals surface area contributed by atoms with Gasteiger partial charge in [0.25, 0.3) is 0 Å². The minimum Gasteiger partial charge on any atom is -0.287 e. The average Bonchev–Trinajstić information content (AvgIpc) is 2.52. The summed E-state index contributed by atoms with van der Waals surface area (Å²) in [6, 6.07) is 2.04. The summed E-state index contributed by atoms with van der Waals surface area (Å²) in [6.45, 7) is 3.97. The number of nitrogens with zero attached hydrogens (tertiary/aromatic N) is 3. The Morgan fingerprint density at radius 3 is 2.64 bits per heavy atom. The van der Waals surface area contributed by atoms with Crippen molar-refractivity contribution in [1.29, 1.82) is 0 Å².